The molecule has 0 aromatic carbocycles. The lowest BCUT2D eigenvalue weighted by Gasteiger charge is -2.27. The normalized spacial score (nSPS) is 20.5. The van der Waals surface area contributed by atoms with Crippen molar-refractivity contribution < 1.29 is 5.11 Å². The average molecular weight is 301 g/mol. The molecule has 1 atom stereocenters. The van der Waals surface area contributed by atoms with Gasteiger partial charge in [-0.25, -0.2) is 0 Å². The molecule has 0 saturated heterocycles. The summed E-state index contributed by atoms with van der Waals surface area (Å²) in [7, 11) is 0. The van der Waals surface area contributed by atoms with Crippen LogP contribution < -0.4 is 0 Å². The molecule has 2 nitrogen and oxygen atoms in total. The second-order valence-electron chi connectivity index (χ2n) is 6.67. The molecule has 2 aliphatic rings. The second kappa shape index (κ2) is 9.12. The Morgan fingerprint density at radius 2 is 2.00 bits per heavy atom. The Morgan fingerprint density at radius 1 is 1.18 bits per heavy atom. The Bertz CT molecular complexity index is 470. The van der Waals surface area contributed by atoms with Gasteiger partial charge in [0.25, 0.3) is 0 Å². The number of aliphatic hydroxyl groups is 1. The molecular formula is C20H31NO. The van der Waals surface area contributed by atoms with Crippen molar-refractivity contribution in [3.63, 3.8) is 0 Å². The molecule has 0 aliphatic heterocycles. The van der Waals surface area contributed by atoms with E-state index in [1.807, 2.05) is 0 Å². The number of hydrogen-bond acceptors (Lipinski definition) is 2. The molecule has 1 N–H and O–H groups in total. The summed E-state index contributed by atoms with van der Waals surface area (Å²) in [4.78, 5) is 2.63. The first-order valence-corrected chi connectivity index (χ1v) is 8.74. The van der Waals surface area contributed by atoms with Gasteiger partial charge in [-0.3, -0.25) is 4.90 Å². The third-order valence-corrected chi connectivity index (χ3v) is 4.83. The van der Waals surface area contributed by atoms with E-state index in [1.54, 1.807) is 5.57 Å². The fourth-order valence-corrected chi connectivity index (χ4v) is 3.25. The fraction of sp³-hybridized carbons (Fsp3) is 0.600. The predicted molar refractivity (Wildman–Crippen MR) is 94.8 cm³/mol. The smallest absolute Gasteiger partial charge is 0.0431 e. The summed E-state index contributed by atoms with van der Waals surface area (Å²) in [5, 5.41) is 8.88. The summed E-state index contributed by atoms with van der Waals surface area (Å²) in [5.74, 6) is 0.590. The van der Waals surface area contributed by atoms with Gasteiger partial charge >= 0.3 is 0 Å². The monoisotopic (exact) mass is 301 g/mol. The topological polar surface area (TPSA) is 23.5 Å². The van der Waals surface area contributed by atoms with Crippen LogP contribution in [0.15, 0.2) is 47.1 Å². The summed E-state index contributed by atoms with van der Waals surface area (Å²) in [6.45, 7) is 8.22. The Labute approximate surface area is 135 Å². The molecule has 0 bridgehead atoms. The minimum absolute atomic E-state index is 0.332. The quantitative estimate of drug-likeness (QED) is 0.610. The second-order valence-corrected chi connectivity index (χ2v) is 6.67. The summed E-state index contributed by atoms with van der Waals surface area (Å²) >= 11 is 0. The van der Waals surface area contributed by atoms with Crippen LogP contribution in [-0.4, -0.2) is 36.2 Å². The van der Waals surface area contributed by atoms with Crippen molar-refractivity contribution in [1.29, 1.82) is 0 Å². The molecule has 0 radical (unpaired) electrons. The molecule has 0 unspecified atom stereocenters. The van der Waals surface area contributed by atoms with Crippen molar-refractivity contribution in [1.82, 2.24) is 4.90 Å². The molecule has 0 amide bonds. The van der Waals surface area contributed by atoms with E-state index >= 15 is 0 Å². The van der Waals surface area contributed by atoms with Crippen molar-refractivity contribution >= 4 is 0 Å². The van der Waals surface area contributed by atoms with Crippen LogP contribution in [0, 0.1) is 5.92 Å². The van der Waals surface area contributed by atoms with Crippen molar-refractivity contribution in [2.24, 2.45) is 5.92 Å². The molecule has 0 aromatic rings. The van der Waals surface area contributed by atoms with Crippen molar-refractivity contribution in [2.75, 3.05) is 26.2 Å². The summed E-state index contributed by atoms with van der Waals surface area (Å²) in [6, 6.07) is 0. The van der Waals surface area contributed by atoms with Gasteiger partial charge in [0, 0.05) is 25.6 Å². The summed E-state index contributed by atoms with van der Waals surface area (Å²) in [5.41, 5.74) is 4.53. The van der Waals surface area contributed by atoms with E-state index in [4.69, 9.17) is 5.11 Å². The number of hydrogen-bond donors (Lipinski definition) is 1. The zero-order valence-electron chi connectivity index (χ0n) is 14.2. The molecular weight excluding hydrogens is 270 g/mol. The molecule has 0 saturated carbocycles. The van der Waals surface area contributed by atoms with E-state index in [2.05, 4.69) is 49.1 Å². The number of rotatable bonds is 10. The Morgan fingerprint density at radius 3 is 2.64 bits per heavy atom. The summed E-state index contributed by atoms with van der Waals surface area (Å²) in [6.07, 6.45) is 17.0. The zero-order chi connectivity index (χ0) is 15.8. The minimum Gasteiger partial charge on any atom is -0.396 e. The number of nitrogens with zero attached hydrogens (tertiary/aromatic N) is 1. The van der Waals surface area contributed by atoms with E-state index < -0.39 is 0 Å². The van der Waals surface area contributed by atoms with E-state index in [9.17, 15) is 0 Å². The number of unbranched alkanes of at least 4 members (excludes halogenated alkanes) is 3. The van der Waals surface area contributed by atoms with E-state index in [0.29, 0.717) is 12.5 Å². The van der Waals surface area contributed by atoms with Gasteiger partial charge in [-0.2, -0.15) is 0 Å². The fourth-order valence-electron chi connectivity index (χ4n) is 3.25. The van der Waals surface area contributed by atoms with E-state index in [0.717, 1.165) is 32.4 Å². The summed E-state index contributed by atoms with van der Waals surface area (Å²) < 4.78 is 0. The predicted octanol–water partition coefficient (Wildman–Crippen LogP) is 4.25. The lowest BCUT2D eigenvalue weighted by atomic mass is 10.0. The number of allylic oxidation sites excluding steroid dienone is 5. The largest absolute Gasteiger partial charge is 0.396 e. The van der Waals surface area contributed by atoms with E-state index in [1.165, 1.54) is 30.5 Å². The Kier molecular flexibility index (Phi) is 7.14. The molecule has 122 valence electrons. The molecule has 0 fully saturated rings. The van der Waals surface area contributed by atoms with Gasteiger partial charge in [-0.15, -0.1) is 0 Å². The molecule has 2 rings (SSSR count). The highest BCUT2D eigenvalue weighted by molar-refractivity contribution is 5.33. The average Bonchev–Trinajstić information content (AvgIpc) is 3.08. The standard InChI is InChI=1S/C20H31NO/c1-17-9-7-11-19(17)15-21(13-5-3-4-6-14-22)16-20-12-8-10-18(20)2/h7-11,19,22H,3-6,12-16H2,1-2H3/t19-/m1/s1. The first kappa shape index (κ1) is 17.2. The van der Waals surface area contributed by atoms with Gasteiger partial charge < -0.3 is 5.11 Å². The molecule has 2 aliphatic carbocycles. The van der Waals surface area contributed by atoms with Crippen LogP contribution >= 0.6 is 0 Å². The highest BCUT2D eigenvalue weighted by Crippen LogP contribution is 2.23. The molecule has 0 heterocycles. The van der Waals surface area contributed by atoms with Gasteiger partial charge in [0.15, 0.2) is 0 Å². The maximum absolute atomic E-state index is 8.88. The first-order chi connectivity index (χ1) is 10.7. The van der Waals surface area contributed by atoms with Crippen molar-refractivity contribution in [3.8, 4) is 0 Å². The lowest BCUT2D eigenvalue weighted by molar-refractivity contribution is 0.262. The van der Waals surface area contributed by atoms with Crippen LogP contribution in [0.2, 0.25) is 0 Å². The minimum atomic E-state index is 0.332. The van der Waals surface area contributed by atoms with Gasteiger partial charge in [0.1, 0.15) is 0 Å². The van der Waals surface area contributed by atoms with Gasteiger partial charge in [0.2, 0.25) is 0 Å². The van der Waals surface area contributed by atoms with Crippen molar-refractivity contribution in [2.45, 2.75) is 46.0 Å². The SMILES string of the molecule is CC1=CC=C[C@@H]1CN(CCCCCCO)CC1=C(C)C=CC1. The third kappa shape index (κ3) is 5.26. The highest BCUT2D eigenvalue weighted by Gasteiger charge is 2.17. The van der Waals surface area contributed by atoms with Crippen molar-refractivity contribution in [3.05, 3.63) is 47.1 Å². The maximum atomic E-state index is 8.88. The first-order valence-electron chi connectivity index (χ1n) is 8.74. The highest BCUT2D eigenvalue weighted by atomic mass is 16.2. The van der Waals surface area contributed by atoms with Crippen LogP contribution in [0.3, 0.4) is 0 Å². The Balaban J connectivity index is 1.84. The lowest BCUT2D eigenvalue weighted by Crippen LogP contribution is -2.32. The van der Waals surface area contributed by atoms with Crippen LogP contribution in [0.1, 0.15) is 46.0 Å². The number of aliphatic hydroxyl groups excluding tert-OH is 1. The zero-order valence-corrected chi connectivity index (χ0v) is 14.2. The maximum Gasteiger partial charge on any atom is 0.0431 e. The van der Waals surface area contributed by atoms with Gasteiger partial charge in [-0.1, -0.05) is 54.4 Å². The third-order valence-electron chi connectivity index (χ3n) is 4.83. The molecule has 0 spiro atoms. The van der Waals surface area contributed by atoms with Crippen LogP contribution in [-0.2, 0) is 0 Å². The van der Waals surface area contributed by atoms with Crippen LogP contribution in [0.4, 0.5) is 0 Å². The van der Waals surface area contributed by atoms with Crippen LogP contribution in [0.25, 0.3) is 0 Å². The van der Waals surface area contributed by atoms with Gasteiger partial charge in [-0.05, 0) is 45.2 Å². The van der Waals surface area contributed by atoms with E-state index in [-0.39, 0.29) is 0 Å². The molecule has 2 heteroatoms. The molecule has 0 aromatic heterocycles. The van der Waals surface area contributed by atoms with Crippen LogP contribution in [0.5, 0.6) is 0 Å². The Hall–Kier alpha value is -1.12. The van der Waals surface area contributed by atoms with Gasteiger partial charge in [0.05, 0.1) is 0 Å². The molecule has 22 heavy (non-hydrogen) atoms.